The number of morpholine rings is 1. The smallest absolute Gasteiger partial charge is 0.254 e. The Hall–Kier alpha value is -4.55. The number of ether oxygens (including phenoxy) is 2. The zero-order valence-electron chi connectivity index (χ0n) is 18.8. The second kappa shape index (κ2) is 10.2. The molecule has 0 aliphatic carbocycles. The number of rotatable bonds is 6. The highest BCUT2D eigenvalue weighted by atomic mass is 16.5. The minimum absolute atomic E-state index is 0.0249. The van der Waals surface area contributed by atoms with Gasteiger partial charge in [0.15, 0.2) is 0 Å². The van der Waals surface area contributed by atoms with Gasteiger partial charge in [0.05, 0.1) is 36.2 Å². The number of fused-ring (bicyclic) bond motifs is 1. The number of benzene rings is 2. The Balaban J connectivity index is 1.36. The van der Waals surface area contributed by atoms with E-state index < -0.39 is 0 Å². The zero-order chi connectivity index (χ0) is 24.0. The van der Waals surface area contributed by atoms with Gasteiger partial charge in [0, 0.05) is 54.4 Å². The molecule has 5 rings (SSSR count). The minimum Gasteiger partial charge on any atom is -0.486 e. The van der Waals surface area contributed by atoms with Gasteiger partial charge in [-0.2, -0.15) is 0 Å². The van der Waals surface area contributed by atoms with Crippen molar-refractivity contribution in [3.63, 3.8) is 0 Å². The van der Waals surface area contributed by atoms with E-state index in [9.17, 15) is 4.79 Å². The molecule has 1 aliphatic heterocycles. The van der Waals surface area contributed by atoms with Crippen molar-refractivity contribution in [1.82, 2.24) is 24.8 Å². The molecule has 2 aromatic carbocycles. The lowest BCUT2D eigenvalue weighted by atomic mass is 10.1. The summed E-state index contributed by atoms with van der Waals surface area (Å²) < 4.78 is 11.2. The molecule has 0 saturated carbocycles. The van der Waals surface area contributed by atoms with E-state index in [-0.39, 0.29) is 12.5 Å². The van der Waals surface area contributed by atoms with E-state index in [1.165, 1.54) is 0 Å². The molecule has 1 N–H and O–H groups in total. The van der Waals surface area contributed by atoms with Gasteiger partial charge >= 0.3 is 0 Å². The number of hydrogen-bond donors (Lipinski definition) is 1. The van der Waals surface area contributed by atoms with Gasteiger partial charge in [-0.25, -0.2) is 9.97 Å². The molecule has 1 fully saturated rings. The topological polar surface area (TPSA) is 102 Å². The maximum atomic E-state index is 12.8. The van der Waals surface area contributed by atoms with Crippen molar-refractivity contribution in [1.29, 1.82) is 0 Å². The summed E-state index contributed by atoms with van der Waals surface area (Å²) in [5.41, 5.74) is 3.25. The number of anilines is 2. The third-order valence-corrected chi connectivity index (χ3v) is 5.49. The Labute approximate surface area is 202 Å². The zero-order valence-corrected chi connectivity index (χ0v) is 18.8. The summed E-state index contributed by atoms with van der Waals surface area (Å²) in [6.07, 6.45) is 12.2. The van der Waals surface area contributed by atoms with Crippen molar-refractivity contribution in [2.24, 2.45) is 0 Å². The van der Waals surface area contributed by atoms with E-state index in [2.05, 4.69) is 31.2 Å². The first-order valence-electron chi connectivity index (χ1n) is 11.1. The van der Waals surface area contributed by atoms with Crippen molar-refractivity contribution in [3.8, 4) is 18.1 Å². The van der Waals surface area contributed by atoms with Gasteiger partial charge < -0.3 is 19.7 Å². The van der Waals surface area contributed by atoms with Crippen molar-refractivity contribution < 1.29 is 14.3 Å². The summed E-state index contributed by atoms with van der Waals surface area (Å²) in [6.45, 7) is 2.52. The lowest BCUT2D eigenvalue weighted by molar-refractivity contribution is 0.0303. The third kappa shape index (κ3) is 5.18. The Kier molecular flexibility index (Phi) is 6.46. The predicted octanol–water partition coefficient (Wildman–Crippen LogP) is 3.20. The molecule has 174 valence electrons. The fourth-order valence-electron chi connectivity index (χ4n) is 3.72. The molecule has 9 heteroatoms. The number of carbonyl (C=O) groups is 1. The van der Waals surface area contributed by atoms with Crippen LogP contribution in [0.1, 0.15) is 21.6 Å². The van der Waals surface area contributed by atoms with Gasteiger partial charge in [0.1, 0.15) is 12.4 Å². The van der Waals surface area contributed by atoms with Crippen molar-refractivity contribution in [2.45, 2.75) is 6.61 Å². The van der Waals surface area contributed by atoms with Crippen LogP contribution in [0.25, 0.3) is 10.9 Å². The normalized spacial score (nSPS) is 13.3. The number of amides is 1. The summed E-state index contributed by atoms with van der Waals surface area (Å²) in [7, 11) is 0. The van der Waals surface area contributed by atoms with Gasteiger partial charge in [0.2, 0.25) is 5.95 Å². The summed E-state index contributed by atoms with van der Waals surface area (Å²) >= 11 is 0. The predicted molar refractivity (Wildman–Crippen MR) is 130 cm³/mol. The lowest BCUT2D eigenvalue weighted by Gasteiger charge is -2.27. The summed E-state index contributed by atoms with van der Waals surface area (Å²) in [5.74, 6) is 3.53. The molecule has 1 aliphatic rings. The van der Waals surface area contributed by atoms with E-state index >= 15 is 0 Å². The molecule has 9 nitrogen and oxygen atoms in total. The van der Waals surface area contributed by atoms with Crippen LogP contribution in [0.5, 0.6) is 5.75 Å². The molecule has 2 aromatic heterocycles. The third-order valence-electron chi connectivity index (χ3n) is 5.49. The molecule has 0 unspecified atom stereocenters. The standard InChI is InChI=1S/C26H22N6O3/c1-2-18-12-20-15-29-26(31-23(20)14-24(18)35-17-22-16-27-6-7-28-22)30-21-5-3-4-19(13-21)25(33)32-8-10-34-11-9-32/h1,3-7,12-16H,8-11,17H2,(H,29,30,31). The Morgan fingerprint density at radius 3 is 2.83 bits per heavy atom. The van der Waals surface area contributed by atoms with Crippen molar-refractivity contribution in [3.05, 3.63) is 78.0 Å². The van der Waals surface area contributed by atoms with Crippen molar-refractivity contribution >= 4 is 28.4 Å². The van der Waals surface area contributed by atoms with Crippen LogP contribution in [-0.2, 0) is 11.3 Å². The first-order chi connectivity index (χ1) is 17.2. The molecular formula is C26H22N6O3. The molecule has 0 spiro atoms. The SMILES string of the molecule is C#Cc1cc2cnc(Nc3cccc(C(=O)N4CCOCC4)c3)nc2cc1OCc1cnccn1. The highest BCUT2D eigenvalue weighted by molar-refractivity contribution is 5.95. The van der Waals surface area contributed by atoms with Gasteiger partial charge in [-0.15, -0.1) is 6.42 Å². The molecule has 0 bridgehead atoms. The fourth-order valence-corrected chi connectivity index (χ4v) is 3.72. The average Bonchev–Trinajstić information content (AvgIpc) is 2.92. The number of nitrogens with one attached hydrogen (secondary N) is 1. The highest BCUT2D eigenvalue weighted by Crippen LogP contribution is 2.26. The van der Waals surface area contributed by atoms with Gasteiger partial charge in [-0.1, -0.05) is 12.0 Å². The van der Waals surface area contributed by atoms with E-state index in [1.807, 2.05) is 18.2 Å². The second-order valence-electron chi connectivity index (χ2n) is 7.84. The van der Waals surface area contributed by atoms with E-state index in [1.54, 1.807) is 47.9 Å². The van der Waals surface area contributed by atoms with Crippen LogP contribution in [-0.4, -0.2) is 57.0 Å². The molecule has 4 aromatic rings. The maximum Gasteiger partial charge on any atom is 0.254 e. The molecule has 0 radical (unpaired) electrons. The number of terminal acetylenes is 1. The molecule has 3 heterocycles. The first-order valence-corrected chi connectivity index (χ1v) is 11.1. The first kappa shape index (κ1) is 22.3. The van der Waals surface area contributed by atoms with Crippen molar-refractivity contribution in [2.75, 3.05) is 31.6 Å². The van der Waals surface area contributed by atoms with Crippen LogP contribution in [0, 0.1) is 12.3 Å². The van der Waals surface area contributed by atoms with Crippen LogP contribution >= 0.6 is 0 Å². The summed E-state index contributed by atoms with van der Waals surface area (Å²) in [5, 5.41) is 3.97. The minimum atomic E-state index is -0.0249. The van der Waals surface area contributed by atoms with Crippen LogP contribution in [0.4, 0.5) is 11.6 Å². The van der Waals surface area contributed by atoms with E-state index in [0.717, 1.165) is 5.39 Å². The number of hydrogen-bond acceptors (Lipinski definition) is 8. The highest BCUT2D eigenvalue weighted by Gasteiger charge is 2.18. The lowest BCUT2D eigenvalue weighted by Crippen LogP contribution is -2.40. The van der Waals surface area contributed by atoms with E-state index in [4.69, 9.17) is 15.9 Å². The van der Waals surface area contributed by atoms with Gasteiger partial charge in [-0.05, 0) is 24.3 Å². The Morgan fingerprint density at radius 1 is 1.14 bits per heavy atom. The van der Waals surface area contributed by atoms with Crippen LogP contribution in [0.2, 0.25) is 0 Å². The molecule has 0 atom stereocenters. The maximum absolute atomic E-state index is 12.8. The van der Waals surface area contributed by atoms with E-state index in [0.29, 0.717) is 66.0 Å². The fraction of sp³-hybridized carbons (Fsp3) is 0.192. The number of aromatic nitrogens is 4. The summed E-state index contributed by atoms with van der Waals surface area (Å²) in [4.78, 5) is 31.9. The monoisotopic (exact) mass is 466 g/mol. The number of carbonyl (C=O) groups excluding carboxylic acids is 1. The molecule has 35 heavy (non-hydrogen) atoms. The Bertz CT molecular complexity index is 1400. The molecule has 1 amide bonds. The van der Waals surface area contributed by atoms with Gasteiger partial charge in [0.25, 0.3) is 5.91 Å². The average molecular weight is 467 g/mol. The molecular weight excluding hydrogens is 444 g/mol. The second-order valence-corrected chi connectivity index (χ2v) is 7.84. The Morgan fingerprint density at radius 2 is 2.03 bits per heavy atom. The molecule has 1 saturated heterocycles. The number of nitrogens with zero attached hydrogens (tertiary/aromatic N) is 5. The van der Waals surface area contributed by atoms with Crippen LogP contribution < -0.4 is 10.1 Å². The van der Waals surface area contributed by atoms with Gasteiger partial charge in [-0.3, -0.25) is 14.8 Å². The quantitative estimate of drug-likeness (QED) is 0.432. The largest absolute Gasteiger partial charge is 0.486 e. The van der Waals surface area contributed by atoms with Crippen LogP contribution in [0.3, 0.4) is 0 Å². The summed E-state index contributed by atoms with van der Waals surface area (Å²) in [6, 6.07) is 10.9. The van der Waals surface area contributed by atoms with Crippen LogP contribution in [0.15, 0.2) is 61.2 Å².